The van der Waals surface area contributed by atoms with Crippen LogP contribution in [0.2, 0.25) is 5.02 Å². The van der Waals surface area contributed by atoms with Crippen LogP contribution in [0.3, 0.4) is 0 Å². The highest BCUT2D eigenvalue weighted by atomic mass is 35.5. The first-order chi connectivity index (χ1) is 10.2. The smallest absolute Gasteiger partial charge is 0.368 e. The Morgan fingerprint density at radius 2 is 2.14 bits per heavy atom. The number of carbonyl (C=O) groups excluding carboxylic acids is 1. The molecular formula is C13H18ClF3N4O. The molecule has 22 heavy (non-hydrogen) atoms. The van der Waals surface area contributed by atoms with E-state index in [1.165, 1.54) is 0 Å². The molecule has 1 aromatic rings. The van der Waals surface area contributed by atoms with E-state index < -0.39 is 11.7 Å². The number of anilines is 1. The summed E-state index contributed by atoms with van der Waals surface area (Å²) in [6.07, 6.45) is -3.63. The van der Waals surface area contributed by atoms with E-state index in [1.807, 2.05) is 6.92 Å². The molecular weight excluding hydrogens is 321 g/mol. The van der Waals surface area contributed by atoms with Crippen LogP contribution in [0.5, 0.6) is 0 Å². The van der Waals surface area contributed by atoms with E-state index in [9.17, 15) is 18.0 Å². The van der Waals surface area contributed by atoms with Gasteiger partial charge in [-0.25, -0.2) is 4.98 Å². The molecule has 3 N–H and O–H groups in total. The van der Waals surface area contributed by atoms with Gasteiger partial charge < -0.3 is 16.0 Å². The van der Waals surface area contributed by atoms with Crippen molar-refractivity contribution in [3.05, 3.63) is 22.8 Å². The third-order valence-corrected chi connectivity index (χ3v) is 3.20. The average molecular weight is 339 g/mol. The zero-order valence-corrected chi connectivity index (χ0v) is 13.0. The summed E-state index contributed by atoms with van der Waals surface area (Å²) < 4.78 is 37.4. The summed E-state index contributed by atoms with van der Waals surface area (Å²) in [6.45, 7) is 2.64. The molecule has 0 aromatic carbocycles. The molecule has 0 radical (unpaired) electrons. The average Bonchev–Trinajstić information content (AvgIpc) is 2.45. The Morgan fingerprint density at radius 3 is 2.68 bits per heavy atom. The van der Waals surface area contributed by atoms with Gasteiger partial charge in [-0.1, -0.05) is 11.6 Å². The van der Waals surface area contributed by atoms with Crippen LogP contribution in [-0.4, -0.2) is 37.1 Å². The number of pyridine rings is 1. The number of nitrogens with one attached hydrogen (secondary N) is 3. The number of halogens is 4. The molecule has 1 amide bonds. The van der Waals surface area contributed by atoms with E-state index in [4.69, 9.17) is 11.6 Å². The summed E-state index contributed by atoms with van der Waals surface area (Å²) >= 11 is 5.74. The SMILES string of the molecule is CNC(C)CNC(=O)CCNc1ncc(C(F)(F)F)cc1Cl. The fourth-order valence-electron chi connectivity index (χ4n) is 1.47. The summed E-state index contributed by atoms with van der Waals surface area (Å²) in [5.41, 5.74) is -0.915. The van der Waals surface area contributed by atoms with Crippen LogP contribution in [0.1, 0.15) is 18.9 Å². The van der Waals surface area contributed by atoms with Crippen molar-refractivity contribution in [1.29, 1.82) is 0 Å². The number of hydrogen-bond acceptors (Lipinski definition) is 4. The van der Waals surface area contributed by atoms with Crippen molar-refractivity contribution >= 4 is 23.3 Å². The van der Waals surface area contributed by atoms with Crippen LogP contribution in [0.4, 0.5) is 19.0 Å². The van der Waals surface area contributed by atoms with E-state index in [0.717, 1.165) is 6.07 Å². The third-order valence-electron chi connectivity index (χ3n) is 2.91. The Bertz CT molecular complexity index is 511. The molecule has 0 saturated heterocycles. The lowest BCUT2D eigenvalue weighted by atomic mass is 10.2. The Balaban J connectivity index is 2.44. The fourth-order valence-corrected chi connectivity index (χ4v) is 1.71. The monoisotopic (exact) mass is 338 g/mol. The minimum atomic E-state index is -4.49. The van der Waals surface area contributed by atoms with E-state index >= 15 is 0 Å². The first kappa shape index (κ1) is 18.5. The van der Waals surface area contributed by atoms with Crippen LogP contribution < -0.4 is 16.0 Å². The Morgan fingerprint density at radius 1 is 1.45 bits per heavy atom. The molecule has 1 aromatic heterocycles. The Labute approximate surface area is 131 Å². The first-order valence-corrected chi connectivity index (χ1v) is 7.02. The van der Waals surface area contributed by atoms with Gasteiger partial charge in [0.1, 0.15) is 5.82 Å². The zero-order chi connectivity index (χ0) is 16.8. The second-order valence-electron chi connectivity index (χ2n) is 4.72. The number of aromatic nitrogens is 1. The highest BCUT2D eigenvalue weighted by Crippen LogP contribution is 2.32. The van der Waals surface area contributed by atoms with Gasteiger partial charge >= 0.3 is 6.18 Å². The summed E-state index contributed by atoms with van der Waals surface area (Å²) in [4.78, 5) is 15.2. The lowest BCUT2D eigenvalue weighted by Gasteiger charge is -2.12. The van der Waals surface area contributed by atoms with E-state index in [-0.39, 0.29) is 35.8 Å². The van der Waals surface area contributed by atoms with Gasteiger partial charge in [-0.2, -0.15) is 13.2 Å². The number of amides is 1. The predicted octanol–water partition coefficient (Wildman–Crippen LogP) is 2.28. The number of alkyl halides is 3. The lowest BCUT2D eigenvalue weighted by Crippen LogP contribution is -2.37. The number of nitrogens with zero attached hydrogens (tertiary/aromatic N) is 1. The van der Waals surface area contributed by atoms with Gasteiger partial charge in [-0.15, -0.1) is 0 Å². The number of likely N-dealkylation sites (N-methyl/N-ethyl adjacent to an activating group) is 1. The van der Waals surface area contributed by atoms with Crippen LogP contribution in [-0.2, 0) is 11.0 Å². The molecule has 0 spiro atoms. The maximum absolute atomic E-state index is 12.5. The van der Waals surface area contributed by atoms with E-state index in [2.05, 4.69) is 20.9 Å². The Kier molecular flexibility index (Phi) is 6.89. The van der Waals surface area contributed by atoms with Crippen LogP contribution in [0.25, 0.3) is 0 Å². The Hall–Kier alpha value is -1.54. The van der Waals surface area contributed by atoms with Crippen molar-refractivity contribution in [3.63, 3.8) is 0 Å². The lowest BCUT2D eigenvalue weighted by molar-refractivity contribution is -0.137. The van der Waals surface area contributed by atoms with Gasteiger partial charge in [0.25, 0.3) is 0 Å². The highest BCUT2D eigenvalue weighted by Gasteiger charge is 2.31. The molecule has 1 unspecified atom stereocenters. The van der Waals surface area contributed by atoms with Crippen LogP contribution in [0, 0.1) is 0 Å². The van der Waals surface area contributed by atoms with Gasteiger partial charge in [0.15, 0.2) is 0 Å². The van der Waals surface area contributed by atoms with Gasteiger partial charge in [-0.05, 0) is 20.0 Å². The molecule has 0 aliphatic heterocycles. The van der Waals surface area contributed by atoms with Gasteiger partial charge in [0, 0.05) is 31.7 Å². The predicted molar refractivity (Wildman–Crippen MR) is 78.9 cm³/mol. The molecule has 5 nitrogen and oxygen atoms in total. The molecule has 1 atom stereocenters. The molecule has 0 aliphatic rings. The summed E-state index contributed by atoms with van der Waals surface area (Å²) in [7, 11) is 1.79. The molecule has 1 heterocycles. The van der Waals surface area contributed by atoms with Crippen molar-refractivity contribution in [1.82, 2.24) is 15.6 Å². The highest BCUT2D eigenvalue weighted by molar-refractivity contribution is 6.32. The molecule has 0 aliphatic carbocycles. The summed E-state index contributed by atoms with van der Waals surface area (Å²) in [5, 5.41) is 8.29. The van der Waals surface area contributed by atoms with Crippen molar-refractivity contribution in [2.24, 2.45) is 0 Å². The second kappa shape index (κ2) is 8.19. The number of carbonyl (C=O) groups is 1. The van der Waals surface area contributed by atoms with Crippen molar-refractivity contribution < 1.29 is 18.0 Å². The molecule has 0 fully saturated rings. The summed E-state index contributed by atoms with van der Waals surface area (Å²) in [6, 6.07) is 0.953. The molecule has 124 valence electrons. The number of rotatable bonds is 7. The standard InChI is InChI=1S/C13H18ClF3N4O/c1-8(18-2)6-20-11(22)3-4-19-12-10(14)5-9(7-21-12)13(15,16)17/h5,7-8,18H,3-4,6H2,1-2H3,(H,19,21)(H,20,22). The van der Waals surface area contributed by atoms with Crippen molar-refractivity contribution in [2.75, 3.05) is 25.5 Å². The van der Waals surface area contributed by atoms with Gasteiger partial charge in [0.05, 0.1) is 10.6 Å². The van der Waals surface area contributed by atoms with E-state index in [1.54, 1.807) is 7.05 Å². The normalized spacial score (nSPS) is 12.8. The molecule has 9 heteroatoms. The van der Waals surface area contributed by atoms with Crippen LogP contribution >= 0.6 is 11.6 Å². The topological polar surface area (TPSA) is 66.0 Å². The molecule has 0 bridgehead atoms. The second-order valence-corrected chi connectivity index (χ2v) is 5.13. The van der Waals surface area contributed by atoms with Gasteiger partial charge in [0.2, 0.25) is 5.91 Å². The minimum Gasteiger partial charge on any atom is -0.368 e. The first-order valence-electron chi connectivity index (χ1n) is 6.64. The maximum Gasteiger partial charge on any atom is 0.417 e. The van der Waals surface area contributed by atoms with Gasteiger partial charge in [-0.3, -0.25) is 4.79 Å². The van der Waals surface area contributed by atoms with Crippen molar-refractivity contribution in [2.45, 2.75) is 25.6 Å². The zero-order valence-electron chi connectivity index (χ0n) is 12.2. The third kappa shape index (κ3) is 6.07. The fraction of sp³-hybridized carbons (Fsp3) is 0.538. The summed E-state index contributed by atoms with van der Waals surface area (Å²) in [5.74, 6) is -0.0521. The quantitative estimate of drug-likeness (QED) is 0.713. The minimum absolute atomic E-state index is 0.117. The van der Waals surface area contributed by atoms with Crippen molar-refractivity contribution in [3.8, 4) is 0 Å². The van der Waals surface area contributed by atoms with E-state index in [0.29, 0.717) is 12.7 Å². The van der Waals surface area contributed by atoms with Crippen LogP contribution in [0.15, 0.2) is 12.3 Å². The number of hydrogen-bond donors (Lipinski definition) is 3. The molecule has 0 saturated carbocycles. The largest absolute Gasteiger partial charge is 0.417 e. The molecule has 1 rings (SSSR count). The maximum atomic E-state index is 12.5.